The molecule has 6 heteroatoms. The number of nitrogens with one attached hydrogen (secondary N) is 2. The zero-order valence-electron chi connectivity index (χ0n) is 16.2. The molecule has 1 saturated heterocycles. The molecule has 0 unspecified atom stereocenters. The minimum atomic E-state index is 0.297. The van der Waals surface area contributed by atoms with Crippen LogP contribution in [0.3, 0.4) is 0 Å². The van der Waals surface area contributed by atoms with Crippen LogP contribution in [-0.4, -0.2) is 59.7 Å². The van der Waals surface area contributed by atoms with E-state index in [1.807, 2.05) is 11.3 Å². The van der Waals surface area contributed by atoms with Crippen molar-refractivity contribution in [3.8, 4) is 0 Å². The van der Waals surface area contributed by atoms with Gasteiger partial charge < -0.3 is 15.5 Å². The zero-order chi connectivity index (χ0) is 18.4. The molecule has 1 aromatic rings. The number of hydrogen-bond acceptors (Lipinski definition) is 4. The van der Waals surface area contributed by atoms with Gasteiger partial charge in [0.25, 0.3) is 0 Å². The maximum Gasteiger partial charge on any atom is 0.166 e. The standard InChI is InChI=1S/C20H34N4S2/c1-3-23-11-13-24(14-12-23)19(18-10-7-15-26-18)16(2)21-20(25)22-17-8-5-4-6-9-17/h7,10,15-17,19H,3-6,8-9,11-14H2,1-2H3,(H2,21,22,25)/t16-,19+/m1/s1. The minimum absolute atomic E-state index is 0.297. The van der Waals surface area contributed by atoms with E-state index in [0.717, 1.165) is 37.8 Å². The Balaban J connectivity index is 1.60. The highest BCUT2D eigenvalue weighted by atomic mass is 32.1. The summed E-state index contributed by atoms with van der Waals surface area (Å²) in [7, 11) is 0. The summed E-state index contributed by atoms with van der Waals surface area (Å²) in [6, 6.07) is 5.69. The topological polar surface area (TPSA) is 30.5 Å². The first-order chi connectivity index (χ1) is 12.7. The van der Waals surface area contributed by atoms with Crippen molar-refractivity contribution in [3.05, 3.63) is 22.4 Å². The van der Waals surface area contributed by atoms with Crippen LogP contribution < -0.4 is 10.6 Å². The van der Waals surface area contributed by atoms with E-state index < -0.39 is 0 Å². The Morgan fingerprint density at radius 1 is 1.23 bits per heavy atom. The number of likely N-dealkylation sites (N-methyl/N-ethyl adjacent to an activating group) is 1. The lowest BCUT2D eigenvalue weighted by Crippen LogP contribution is -2.54. The van der Waals surface area contributed by atoms with Gasteiger partial charge in [-0.3, -0.25) is 4.90 Å². The Morgan fingerprint density at radius 2 is 1.96 bits per heavy atom. The van der Waals surface area contributed by atoms with Crippen molar-refractivity contribution >= 4 is 28.7 Å². The average molecular weight is 395 g/mol. The van der Waals surface area contributed by atoms with Crippen LogP contribution in [0.25, 0.3) is 0 Å². The number of piperazine rings is 1. The second-order valence-corrected chi connectivity index (χ2v) is 9.06. The van der Waals surface area contributed by atoms with Crippen molar-refractivity contribution in [1.29, 1.82) is 0 Å². The lowest BCUT2D eigenvalue weighted by atomic mass is 9.96. The van der Waals surface area contributed by atoms with Crippen LogP contribution in [0.5, 0.6) is 0 Å². The first-order valence-corrected chi connectivity index (χ1v) is 11.5. The quantitative estimate of drug-likeness (QED) is 0.720. The predicted molar refractivity (Wildman–Crippen MR) is 116 cm³/mol. The van der Waals surface area contributed by atoms with Crippen LogP contribution in [0.1, 0.15) is 56.9 Å². The van der Waals surface area contributed by atoms with Crippen LogP contribution >= 0.6 is 23.6 Å². The second kappa shape index (κ2) is 10.0. The van der Waals surface area contributed by atoms with Gasteiger partial charge in [0.1, 0.15) is 0 Å². The van der Waals surface area contributed by atoms with Crippen LogP contribution in [0, 0.1) is 0 Å². The van der Waals surface area contributed by atoms with Gasteiger partial charge in [-0.15, -0.1) is 11.3 Å². The molecule has 2 aliphatic rings. The Labute approximate surface area is 168 Å². The normalized spacial score (nSPS) is 22.7. The molecule has 2 atom stereocenters. The summed E-state index contributed by atoms with van der Waals surface area (Å²) >= 11 is 7.52. The molecule has 0 aromatic carbocycles. The molecule has 1 aliphatic carbocycles. The molecule has 2 N–H and O–H groups in total. The third-order valence-corrected chi connectivity index (χ3v) is 7.03. The maximum absolute atomic E-state index is 5.65. The van der Waals surface area contributed by atoms with E-state index in [2.05, 4.69) is 51.8 Å². The molecule has 1 aliphatic heterocycles. The Hall–Kier alpha value is -0.690. The molecular weight excluding hydrogens is 360 g/mol. The predicted octanol–water partition coefficient (Wildman–Crippen LogP) is 3.61. The van der Waals surface area contributed by atoms with Gasteiger partial charge >= 0.3 is 0 Å². The Bertz CT molecular complexity index is 534. The van der Waals surface area contributed by atoms with Gasteiger partial charge in [-0.1, -0.05) is 32.3 Å². The fraction of sp³-hybridized carbons (Fsp3) is 0.750. The van der Waals surface area contributed by atoms with Crippen LogP contribution in [0.2, 0.25) is 0 Å². The molecule has 2 fully saturated rings. The summed E-state index contributed by atoms with van der Waals surface area (Å²) < 4.78 is 0. The van der Waals surface area contributed by atoms with E-state index in [9.17, 15) is 0 Å². The number of nitrogens with zero attached hydrogens (tertiary/aromatic N) is 2. The number of hydrogen-bond donors (Lipinski definition) is 2. The molecule has 0 amide bonds. The number of thiophene rings is 1. The lowest BCUT2D eigenvalue weighted by molar-refractivity contribution is 0.0881. The lowest BCUT2D eigenvalue weighted by Gasteiger charge is -2.41. The van der Waals surface area contributed by atoms with E-state index in [-0.39, 0.29) is 0 Å². The monoisotopic (exact) mass is 394 g/mol. The summed E-state index contributed by atoms with van der Waals surface area (Å²) in [6.07, 6.45) is 6.54. The molecule has 0 bridgehead atoms. The van der Waals surface area contributed by atoms with Crippen molar-refractivity contribution in [2.45, 2.75) is 64.1 Å². The Kier molecular flexibility index (Phi) is 7.73. The zero-order valence-corrected chi connectivity index (χ0v) is 17.9. The van der Waals surface area contributed by atoms with Gasteiger partial charge in [-0.05, 0) is 50.0 Å². The van der Waals surface area contributed by atoms with Crippen LogP contribution in [0.4, 0.5) is 0 Å². The maximum atomic E-state index is 5.65. The van der Waals surface area contributed by atoms with Crippen LogP contribution in [-0.2, 0) is 0 Å². The van der Waals surface area contributed by atoms with Crippen molar-refractivity contribution in [1.82, 2.24) is 20.4 Å². The fourth-order valence-electron chi connectivity index (χ4n) is 4.32. The van der Waals surface area contributed by atoms with Gasteiger partial charge in [0.05, 0.1) is 6.04 Å². The summed E-state index contributed by atoms with van der Waals surface area (Å²) in [5, 5.41) is 10.2. The fourth-order valence-corrected chi connectivity index (χ4v) is 5.64. The average Bonchev–Trinajstić information content (AvgIpc) is 3.17. The highest BCUT2D eigenvalue weighted by molar-refractivity contribution is 7.80. The van der Waals surface area contributed by atoms with Crippen molar-refractivity contribution in [2.75, 3.05) is 32.7 Å². The SMILES string of the molecule is CCN1CCN([C@H](c2cccs2)[C@@H](C)NC(=S)NC2CCCCC2)CC1. The van der Waals surface area contributed by atoms with Gasteiger partial charge in [0, 0.05) is 43.1 Å². The van der Waals surface area contributed by atoms with Crippen molar-refractivity contribution in [2.24, 2.45) is 0 Å². The molecule has 2 heterocycles. The smallest absolute Gasteiger partial charge is 0.166 e. The first-order valence-electron chi connectivity index (χ1n) is 10.2. The van der Waals surface area contributed by atoms with Crippen molar-refractivity contribution in [3.63, 3.8) is 0 Å². The number of thiocarbonyl (C=S) groups is 1. The van der Waals surface area contributed by atoms with Gasteiger partial charge in [-0.25, -0.2) is 0 Å². The van der Waals surface area contributed by atoms with E-state index in [0.29, 0.717) is 18.1 Å². The van der Waals surface area contributed by atoms with E-state index in [4.69, 9.17) is 12.2 Å². The van der Waals surface area contributed by atoms with E-state index in [1.165, 1.54) is 37.0 Å². The van der Waals surface area contributed by atoms with Gasteiger partial charge in [-0.2, -0.15) is 0 Å². The first kappa shape index (κ1) is 20.1. The molecule has 26 heavy (non-hydrogen) atoms. The third-order valence-electron chi connectivity index (χ3n) is 5.85. The highest BCUT2D eigenvalue weighted by Crippen LogP contribution is 2.29. The van der Waals surface area contributed by atoms with E-state index in [1.54, 1.807) is 0 Å². The molecule has 0 radical (unpaired) electrons. The highest BCUT2D eigenvalue weighted by Gasteiger charge is 2.30. The Morgan fingerprint density at radius 3 is 2.58 bits per heavy atom. The van der Waals surface area contributed by atoms with Crippen LogP contribution in [0.15, 0.2) is 17.5 Å². The largest absolute Gasteiger partial charge is 0.360 e. The second-order valence-electron chi connectivity index (χ2n) is 7.67. The summed E-state index contributed by atoms with van der Waals surface area (Å²) in [6.45, 7) is 10.3. The molecule has 4 nitrogen and oxygen atoms in total. The number of rotatable bonds is 6. The third kappa shape index (κ3) is 5.41. The van der Waals surface area contributed by atoms with Gasteiger partial charge in [0.15, 0.2) is 5.11 Å². The molecule has 0 spiro atoms. The molecule has 1 aromatic heterocycles. The molecule has 3 rings (SSSR count). The summed E-state index contributed by atoms with van der Waals surface area (Å²) in [4.78, 5) is 6.62. The molecule has 146 valence electrons. The van der Waals surface area contributed by atoms with E-state index >= 15 is 0 Å². The minimum Gasteiger partial charge on any atom is -0.360 e. The summed E-state index contributed by atoms with van der Waals surface area (Å²) in [5.74, 6) is 0. The summed E-state index contributed by atoms with van der Waals surface area (Å²) in [5.41, 5.74) is 0. The molecule has 1 saturated carbocycles. The molecular formula is C20H34N4S2. The van der Waals surface area contributed by atoms with Gasteiger partial charge in [0.2, 0.25) is 0 Å². The van der Waals surface area contributed by atoms with Crippen molar-refractivity contribution < 1.29 is 0 Å².